The predicted molar refractivity (Wildman–Crippen MR) is 167 cm³/mol. The average Bonchev–Trinajstić information content (AvgIpc) is 3.71. The van der Waals surface area contributed by atoms with Crippen molar-refractivity contribution in [2.45, 2.75) is 19.4 Å². The van der Waals surface area contributed by atoms with Crippen LogP contribution in [-0.2, 0) is 22.5 Å². The van der Waals surface area contributed by atoms with Crippen molar-refractivity contribution in [3.05, 3.63) is 131 Å². The van der Waals surface area contributed by atoms with Crippen LogP contribution in [0.2, 0.25) is 0 Å². The standard InChI is InChI=1S/C34H29N3O4S/c1-40-33(39)30-19-18-27(41-30)23-36-22-25(28-16-8-9-17-29(28)36)21-31-32(38)37(20-10-13-24-11-4-2-5-12-24)34(42-31)35-26-14-6-3-7-15-26/h2-9,11-12,14-19,21-22H,10,13,20,23H2,1H3/b31-21-,35-34?. The molecule has 2 aromatic heterocycles. The zero-order chi connectivity index (χ0) is 28.9. The molecule has 5 aromatic rings. The Morgan fingerprint density at radius 3 is 2.48 bits per heavy atom. The van der Waals surface area contributed by atoms with Crippen LogP contribution in [0.15, 0.2) is 118 Å². The molecule has 1 amide bonds. The Balaban J connectivity index is 1.29. The third-order valence-electron chi connectivity index (χ3n) is 7.04. The fourth-order valence-corrected chi connectivity index (χ4v) is 6.01. The number of aliphatic imine (C=N–C) groups is 1. The van der Waals surface area contributed by atoms with Crippen molar-refractivity contribution >= 4 is 51.5 Å². The van der Waals surface area contributed by atoms with Gasteiger partial charge in [0.2, 0.25) is 5.76 Å². The Hall–Kier alpha value is -4.82. The van der Waals surface area contributed by atoms with E-state index in [-0.39, 0.29) is 11.7 Å². The van der Waals surface area contributed by atoms with Crippen LogP contribution >= 0.6 is 11.8 Å². The molecule has 0 spiro atoms. The zero-order valence-electron chi connectivity index (χ0n) is 23.1. The fourth-order valence-electron chi connectivity index (χ4n) is 4.99. The number of aryl methyl sites for hydroxylation is 1. The first-order chi connectivity index (χ1) is 20.6. The first-order valence-electron chi connectivity index (χ1n) is 13.7. The number of amidine groups is 1. The molecule has 8 heteroatoms. The number of esters is 1. The van der Waals surface area contributed by atoms with Crippen molar-refractivity contribution in [1.82, 2.24) is 9.47 Å². The maximum atomic E-state index is 13.8. The summed E-state index contributed by atoms with van der Waals surface area (Å²) in [5.41, 5.74) is 3.97. The number of para-hydroxylation sites is 2. The number of ether oxygens (including phenoxy) is 1. The van der Waals surface area contributed by atoms with Crippen LogP contribution in [0.25, 0.3) is 17.0 Å². The minimum Gasteiger partial charge on any atom is -0.463 e. The number of carbonyl (C=O) groups excluding carboxylic acids is 2. The van der Waals surface area contributed by atoms with Crippen LogP contribution < -0.4 is 0 Å². The topological polar surface area (TPSA) is 77.0 Å². The number of carbonyl (C=O) groups is 2. The van der Waals surface area contributed by atoms with E-state index in [4.69, 9.17) is 14.1 Å². The number of thioether (sulfide) groups is 1. The summed E-state index contributed by atoms with van der Waals surface area (Å²) in [5, 5.41) is 1.70. The van der Waals surface area contributed by atoms with E-state index >= 15 is 0 Å². The molecule has 0 radical (unpaired) electrons. The van der Waals surface area contributed by atoms with Gasteiger partial charge in [0.1, 0.15) is 5.76 Å². The summed E-state index contributed by atoms with van der Waals surface area (Å²) in [7, 11) is 1.33. The average molecular weight is 576 g/mol. The van der Waals surface area contributed by atoms with Crippen LogP contribution in [-0.4, -0.2) is 40.2 Å². The Bertz CT molecular complexity index is 1790. The number of rotatable bonds is 9. The molecule has 3 heterocycles. The minimum atomic E-state index is -0.512. The number of hydrogen-bond acceptors (Lipinski definition) is 6. The lowest BCUT2D eigenvalue weighted by atomic mass is 10.1. The monoisotopic (exact) mass is 575 g/mol. The van der Waals surface area contributed by atoms with E-state index in [1.54, 1.807) is 17.0 Å². The van der Waals surface area contributed by atoms with Gasteiger partial charge in [0.05, 0.1) is 24.2 Å². The Kier molecular flexibility index (Phi) is 8.05. The molecule has 1 fully saturated rings. The second-order valence-corrected chi connectivity index (χ2v) is 10.9. The van der Waals surface area contributed by atoms with E-state index in [9.17, 15) is 9.59 Å². The van der Waals surface area contributed by atoms with E-state index in [1.165, 1.54) is 24.4 Å². The smallest absolute Gasteiger partial charge is 0.373 e. The van der Waals surface area contributed by atoms with Gasteiger partial charge in [0.15, 0.2) is 5.17 Å². The second-order valence-electron chi connectivity index (χ2n) is 9.87. The molecular formula is C34H29N3O4S. The first-order valence-corrected chi connectivity index (χ1v) is 14.5. The summed E-state index contributed by atoms with van der Waals surface area (Å²) < 4.78 is 12.5. The van der Waals surface area contributed by atoms with Crippen molar-refractivity contribution in [2.75, 3.05) is 13.7 Å². The molecule has 0 N–H and O–H groups in total. The highest BCUT2D eigenvalue weighted by Crippen LogP contribution is 2.36. The van der Waals surface area contributed by atoms with Gasteiger partial charge in [-0.2, -0.15) is 0 Å². The van der Waals surface area contributed by atoms with Crippen molar-refractivity contribution in [2.24, 2.45) is 4.99 Å². The van der Waals surface area contributed by atoms with Crippen LogP contribution in [0, 0.1) is 0 Å². The minimum absolute atomic E-state index is 0.0478. The first kappa shape index (κ1) is 27.4. The molecule has 0 unspecified atom stereocenters. The lowest BCUT2D eigenvalue weighted by Crippen LogP contribution is -2.30. The molecule has 1 aliphatic rings. The molecule has 1 aliphatic heterocycles. The summed E-state index contributed by atoms with van der Waals surface area (Å²) >= 11 is 1.40. The number of fused-ring (bicyclic) bond motifs is 1. The number of benzene rings is 3. The molecule has 3 aromatic carbocycles. The lowest BCUT2D eigenvalue weighted by molar-refractivity contribution is -0.122. The molecule has 0 aliphatic carbocycles. The number of furan rings is 1. The third kappa shape index (κ3) is 5.94. The van der Waals surface area contributed by atoms with Crippen LogP contribution in [0.1, 0.15) is 33.9 Å². The molecule has 0 bridgehead atoms. The highest BCUT2D eigenvalue weighted by atomic mass is 32.2. The Morgan fingerprint density at radius 2 is 1.69 bits per heavy atom. The number of nitrogens with zero attached hydrogens (tertiary/aromatic N) is 3. The van der Waals surface area contributed by atoms with E-state index in [1.807, 2.05) is 85.1 Å². The van der Waals surface area contributed by atoms with Crippen LogP contribution in [0.3, 0.4) is 0 Å². The quantitative estimate of drug-likeness (QED) is 0.136. The number of aromatic nitrogens is 1. The molecule has 7 nitrogen and oxygen atoms in total. The van der Waals surface area contributed by atoms with Gasteiger partial charge in [-0.15, -0.1) is 0 Å². The van der Waals surface area contributed by atoms with Gasteiger partial charge < -0.3 is 13.7 Å². The molecular weight excluding hydrogens is 546 g/mol. The normalized spacial score (nSPS) is 15.3. The zero-order valence-corrected chi connectivity index (χ0v) is 23.9. The lowest BCUT2D eigenvalue weighted by Gasteiger charge is -2.15. The highest BCUT2D eigenvalue weighted by molar-refractivity contribution is 8.18. The fraction of sp³-hybridized carbons (Fsp3) is 0.147. The summed E-state index contributed by atoms with van der Waals surface area (Å²) in [4.78, 5) is 32.9. The molecule has 6 rings (SSSR count). The molecule has 210 valence electrons. The predicted octanol–water partition coefficient (Wildman–Crippen LogP) is 7.31. The van der Waals surface area contributed by atoms with Crippen LogP contribution in [0.5, 0.6) is 0 Å². The van der Waals surface area contributed by atoms with Gasteiger partial charge >= 0.3 is 5.97 Å². The second kappa shape index (κ2) is 12.4. The third-order valence-corrected chi connectivity index (χ3v) is 8.05. The number of methoxy groups -OCH3 is 1. The number of amides is 1. The Morgan fingerprint density at radius 1 is 0.952 bits per heavy atom. The highest BCUT2D eigenvalue weighted by Gasteiger charge is 2.33. The largest absolute Gasteiger partial charge is 0.463 e. The molecule has 0 saturated carbocycles. The van der Waals surface area contributed by atoms with E-state index in [2.05, 4.69) is 16.7 Å². The Labute approximate surface area is 248 Å². The van der Waals surface area contributed by atoms with Crippen molar-refractivity contribution in [3.63, 3.8) is 0 Å². The van der Waals surface area contributed by atoms with Gasteiger partial charge in [-0.3, -0.25) is 9.69 Å². The molecule has 1 saturated heterocycles. The van der Waals surface area contributed by atoms with Crippen LogP contribution in [0.4, 0.5) is 5.69 Å². The van der Waals surface area contributed by atoms with E-state index < -0.39 is 5.97 Å². The SMILES string of the molecule is COC(=O)c1ccc(Cn2cc(/C=C3\SC(=Nc4ccccc4)N(CCCc4ccccc4)C3=O)c3ccccc32)o1. The summed E-state index contributed by atoms with van der Waals surface area (Å²) in [6, 6.07) is 31.5. The summed E-state index contributed by atoms with van der Waals surface area (Å²) in [5.74, 6) is 0.232. The summed E-state index contributed by atoms with van der Waals surface area (Å²) in [6.45, 7) is 1.00. The van der Waals surface area contributed by atoms with Gasteiger partial charge in [0.25, 0.3) is 5.91 Å². The van der Waals surface area contributed by atoms with Crippen molar-refractivity contribution < 1.29 is 18.7 Å². The maximum absolute atomic E-state index is 13.8. The van der Waals surface area contributed by atoms with Gasteiger partial charge in [-0.1, -0.05) is 66.7 Å². The van der Waals surface area contributed by atoms with Crippen molar-refractivity contribution in [1.29, 1.82) is 0 Å². The number of hydrogen-bond donors (Lipinski definition) is 0. The van der Waals surface area contributed by atoms with E-state index in [0.29, 0.717) is 28.9 Å². The van der Waals surface area contributed by atoms with E-state index in [0.717, 1.165) is 35.0 Å². The van der Waals surface area contributed by atoms with Crippen molar-refractivity contribution in [3.8, 4) is 0 Å². The maximum Gasteiger partial charge on any atom is 0.373 e. The molecule has 42 heavy (non-hydrogen) atoms. The van der Waals surface area contributed by atoms with Gasteiger partial charge in [-0.25, -0.2) is 9.79 Å². The van der Waals surface area contributed by atoms with Gasteiger partial charge in [-0.05, 0) is 66.6 Å². The molecule has 0 atom stereocenters. The summed E-state index contributed by atoms with van der Waals surface area (Å²) in [6.07, 6.45) is 5.67. The van der Waals surface area contributed by atoms with Gasteiger partial charge in [0, 0.05) is 29.2 Å².